The summed E-state index contributed by atoms with van der Waals surface area (Å²) in [7, 11) is 3.79. The molecule has 1 aliphatic heterocycles. The van der Waals surface area contributed by atoms with Gasteiger partial charge in [0.2, 0.25) is 5.91 Å². The van der Waals surface area contributed by atoms with E-state index in [2.05, 4.69) is 46.1 Å². The van der Waals surface area contributed by atoms with Crippen molar-refractivity contribution in [1.29, 1.82) is 0 Å². The summed E-state index contributed by atoms with van der Waals surface area (Å²) < 4.78 is 0. The summed E-state index contributed by atoms with van der Waals surface area (Å²) in [6.45, 7) is 5.61. The summed E-state index contributed by atoms with van der Waals surface area (Å²) in [6, 6.07) is 8.49. The molecule has 156 valence electrons. The molecule has 0 aliphatic carbocycles. The van der Waals surface area contributed by atoms with Crippen LogP contribution in [0.15, 0.2) is 29.6 Å². The van der Waals surface area contributed by atoms with Gasteiger partial charge in [0.05, 0.1) is 18.5 Å². The zero-order chi connectivity index (χ0) is 20.8. The second-order valence-corrected chi connectivity index (χ2v) is 8.41. The number of hydrogen-bond acceptors (Lipinski definition) is 6. The lowest BCUT2D eigenvalue weighted by molar-refractivity contribution is -0.138. The van der Waals surface area contributed by atoms with Crippen LogP contribution < -0.4 is 0 Å². The van der Waals surface area contributed by atoms with E-state index in [0.717, 1.165) is 49.0 Å². The molecule has 1 saturated heterocycles. The van der Waals surface area contributed by atoms with Crippen molar-refractivity contribution in [3.05, 3.63) is 40.9 Å². The molecule has 2 heterocycles. The normalized spacial score (nSPS) is 15.4. The van der Waals surface area contributed by atoms with Gasteiger partial charge in [0.1, 0.15) is 5.01 Å². The predicted octanol–water partition coefficient (Wildman–Crippen LogP) is 2.03. The van der Waals surface area contributed by atoms with Crippen molar-refractivity contribution in [1.82, 2.24) is 19.7 Å². The van der Waals surface area contributed by atoms with Crippen LogP contribution in [0.1, 0.15) is 17.7 Å². The van der Waals surface area contributed by atoms with Crippen LogP contribution in [0.5, 0.6) is 0 Å². The number of carbonyl (C=O) groups excluding carboxylic acids is 1. The minimum atomic E-state index is -0.906. The van der Waals surface area contributed by atoms with Crippen molar-refractivity contribution in [3.8, 4) is 10.6 Å². The molecule has 8 heteroatoms. The van der Waals surface area contributed by atoms with E-state index in [0.29, 0.717) is 0 Å². The number of carboxylic acids is 1. The summed E-state index contributed by atoms with van der Waals surface area (Å²) in [4.78, 5) is 33.7. The number of amides is 1. The SMILES string of the molecule is CN1CCN(Cc2ccc(-c3nc(CC(=O)N(C)CCC(=O)O)cs3)cc2)CC1. The lowest BCUT2D eigenvalue weighted by atomic mass is 10.1. The fourth-order valence-electron chi connectivity index (χ4n) is 3.22. The zero-order valence-electron chi connectivity index (χ0n) is 17.0. The third kappa shape index (κ3) is 6.35. The lowest BCUT2D eigenvalue weighted by Gasteiger charge is -2.32. The van der Waals surface area contributed by atoms with Crippen LogP contribution in [0.2, 0.25) is 0 Å². The minimum Gasteiger partial charge on any atom is -0.481 e. The van der Waals surface area contributed by atoms with Gasteiger partial charge in [-0.2, -0.15) is 0 Å². The Labute approximate surface area is 175 Å². The molecule has 0 radical (unpaired) electrons. The van der Waals surface area contributed by atoms with Crippen LogP contribution in [0.4, 0.5) is 0 Å². The molecule has 29 heavy (non-hydrogen) atoms. The van der Waals surface area contributed by atoms with E-state index in [1.807, 2.05) is 5.38 Å². The first-order chi connectivity index (χ1) is 13.9. The number of benzene rings is 1. The van der Waals surface area contributed by atoms with Crippen molar-refractivity contribution in [2.24, 2.45) is 0 Å². The van der Waals surface area contributed by atoms with Gasteiger partial charge < -0.3 is 14.9 Å². The van der Waals surface area contributed by atoms with Gasteiger partial charge in [0.25, 0.3) is 0 Å². The van der Waals surface area contributed by atoms with E-state index in [1.165, 1.54) is 21.8 Å². The Balaban J connectivity index is 1.54. The quantitative estimate of drug-likeness (QED) is 0.710. The predicted molar refractivity (Wildman–Crippen MR) is 114 cm³/mol. The Hall–Kier alpha value is -2.29. The minimum absolute atomic E-state index is 0.0506. The largest absolute Gasteiger partial charge is 0.481 e. The molecule has 1 aromatic heterocycles. The standard InChI is InChI=1S/C21H28N4O3S/c1-23-9-11-25(12-10-23)14-16-3-5-17(6-4-16)21-22-18(15-29-21)13-19(26)24(2)8-7-20(27)28/h3-6,15H,7-14H2,1-2H3,(H,27,28). The van der Waals surface area contributed by atoms with E-state index < -0.39 is 5.97 Å². The molecular weight excluding hydrogens is 388 g/mol. The molecule has 0 bridgehead atoms. The summed E-state index contributed by atoms with van der Waals surface area (Å²) in [5.74, 6) is -1.03. The molecule has 0 atom stereocenters. The maximum absolute atomic E-state index is 12.2. The van der Waals surface area contributed by atoms with Crippen LogP contribution in [0, 0.1) is 0 Å². The van der Waals surface area contributed by atoms with Crippen LogP contribution >= 0.6 is 11.3 Å². The van der Waals surface area contributed by atoms with Crippen molar-refractivity contribution >= 4 is 23.2 Å². The van der Waals surface area contributed by atoms with Gasteiger partial charge in [0.15, 0.2) is 0 Å². The van der Waals surface area contributed by atoms with Crippen molar-refractivity contribution in [2.75, 3.05) is 46.8 Å². The number of carbonyl (C=O) groups is 2. The van der Waals surface area contributed by atoms with Gasteiger partial charge in [-0.05, 0) is 12.6 Å². The molecule has 1 amide bonds. The second-order valence-electron chi connectivity index (χ2n) is 7.56. The van der Waals surface area contributed by atoms with E-state index in [1.54, 1.807) is 7.05 Å². The fourth-order valence-corrected chi connectivity index (χ4v) is 4.04. The molecule has 0 saturated carbocycles. The van der Waals surface area contributed by atoms with Gasteiger partial charge in [0, 0.05) is 57.3 Å². The van der Waals surface area contributed by atoms with E-state index in [4.69, 9.17) is 5.11 Å². The second kappa shape index (κ2) is 9.96. The molecule has 0 spiro atoms. The lowest BCUT2D eigenvalue weighted by Crippen LogP contribution is -2.43. The first-order valence-electron chi connectivity index (χ1n) is 9.81. The number of piperazine rings is 1. The highest BCUT2D eigenvalue weighted by atomic mass is 32.1. The maximum Gasteiger partial charge on any atom is 0.305 e. The summed E-state index contributed by atoms with van der Waals surface area (Å²) in [5.41, 5.74) is 3.07. The number of rotatable bonds is 8. The molecule has 3 rings (SSSR count). The number of thiazole rings is 1. The highest BCUT2D eigenvalue weighted by Gasteiger charge is 2.15. The average Bonchev–Trinajstić information content (AvgIpc) is 3.17. The summed E-state index contributed by atoms with van der Waals surface area (Å²) in [6.07, 6.45) is 0.138. The van der Waals surface area contributed by atoms with Gasteiger partial charge in [-0.25, -0.2) is 4.98 Å². The van der Waals surface area contributed by atoms with Crippen molar-refractivity contribution in [3.63, 3.8) is 0 Å². The van der Waals surface area contributed by atoms with Crippen LogP contribution in [0.3, 0.4) is 0 Å². The van der Waals surface area contributed by atoms with Crippen molar-refractivity contribution < 1.29 is 14.7 Å². The first-order valence-corrected chi connectivity index (χ1v) is 10.7. The number of nitrogens with zero attached hydrogens (tertiary/aromatic N) is 4. The third-order valence-corrected chi connectivity index (χ3v) is 6.11. The number of carboxylic acid groups (broad SMARTS) is 1. The Morgan fingerprint density at radius 1 is 1.17 bits per heavy atom. The Kier molecular flexibility index (Phi) is 7.35. The van der Waals surface area contributed by atoms with Gasteiger partial charge in [-0.15, -0.1) is 11.3 Å². The number of likely N-dealkylation sites (N-methyl/N-ethyl adjacent to an activating group) is 2. The highest BCUT2D eigenvalue weighted by Crippen LogP contribution is 2.25. The topological polar surface area (TPSA) is 77.0 Å². The monoisotopic (exact) mass is 416 g/mol. The molecule has 1 N–H and O–H groups in total. The van der Waals surface area contributed by atoms with E-state index in [9.17, 15) is 9.59 Å². The maximum atomic E-state index is 12.2. The average molecular weight is 417 g/mol. The molecule has 0 unspecified atom stereocenters. The Morgan fingerprint density at radius 3 is 2.52 bits per heavy atom. The third-order valence-electron chi connectivity index (χ3n) is 5.17. The Morgan fingerprint density at radius 2 is 1.86 bits per heavy atom. The first kappa shape index (κ1) is 21.4. The van der Waals surface area contributed by atoms with Crippen LogP contribution in [0.25, 0.3) is 10.6 Å². The Bertz CT molecular complexity index is 829. The summed E-state index contributed by atoms with van der Waals surface area (Å²) in [5, 5.41) is 11.5. The molecular formula is C21H28N4O3S. The fraction of sp³-hybridized carbons (Fsp3) is 0.476. The van der Waals surface area contributed by atoms with Crippen LogP contribution in [-0.4, -0.2) is 83.5 Å². The van der Waals surface area contributed by atoms with Crippen molar-refractivity contribution in [2.45, 2.75) is 19.4 Å². The molecule has 2 aromatic rings. The smallest absolute Gasteiger partial charge is 0.305 e. The molecule has 1 aliphatic rings. The van der Waals surface area contributed by atoms with Gasteiger partial charge >= 0.3 is 5.97 Å². The zero-order valence-corrected chi connectivity index (χ0v) is 17.8. The van der Waals surface area contributed by atoms with Gasteiger partial charge in [-0.3, -0.25) is 14.5 Å². The summed E-state index contributed by atoms with van der Waals surface area (Å²) >= 11 is 1.52. The molecule has 1 aromatic carbocycles. The highest BCUT2D eigenvalue weighted by molar-refractivity contribution is 7.13. The molecule has 1 fully saturated rings. The molecule has 7 nitrogen and oxygen atoms in total. The van der Waals surface area contributed by atoms with Crippen LogP contribution in [-0.2, 0) is 22.6 Å². The number of hydrogen-bond donors (Lipinski definition) is 1. The number of aliphatic carboxylic acids is 1. The van der Waals surface area contributed by atoms with E-state index in [-0.39, 0.29) is 25.3 Å². The number of aromatic nitrogens is 1. The van der Waals surface area contributed by atoms with E-state index >= 15 is 0 Å². The van der Waals surface area contributed by atoms with Gasteiger partial charge in [-0.1, -0.05) is 24.3 Å².